The number of nitrogens with zero attached hydrogens (tertiary/aromatic N) is 1. The molecule has 0 aromatic heterocycles. The summed E-state index contributed by atoms with van der Waals surface area (Å²) in [5, 5.41) is 4.51. The summed E-state index contributed by atoms with van der Waals surface area (Å²) in [7, 11) is 0. The Hall–Kier alpha value is -2.73. The van der Waals surface area contributed by atoms with E-state index in [9.17, 15) is 9.59 Å². The monoisotopic (exact) mass is 574 g/mol. The lowest BCUT2D eigenvalue weighted by Gasteiger charge is -2.32. The standard InChI is InChI=1S/C30H33Cl3N2O3/c1-5-21(4)34-30(37)27(16-22-9-7-6-8-10-22)35(17-23-11-12-25(31)26(32)15-23)28(36)18-38-24-13-19(2)29(33)20(3)14-24/h6-15,21,27H,5,16-18H2,1-4H3,(H,34,37)/t21-,27+/m1/s1. The molecule has 1 N–H and O–H groups in total. The van der Waals surface area contributed by atoms with Gasteiger partial charge in [0, 0.05) is 24.0 Å². The predicted molar refractivity (Wildman–Crippen MR) is 155 cm³/mol. The average molecular weight is 576 g/mol. The smallest absolute Gasteiger partial charge is 0.261 e. The lowest BCUT2D eigenvalue weighted by Crippen LogP contribution is -2.53. The number of hydrogen-bond donors (Lipinski definition) is 1. The molecule has 0 unspecified atom stereocenters. The first-order valence-corrected chi connectivity index (χ1v) is 13.7. The first-order valence-electron chi connectivity index (χ1n) is 12.6. The summed E-state index contributed by atoms with van der Waals surface area (Å²) in [6.07, 6.45) is 1.11. The van der Waals surface area contributed by atoms with E-state index in [4.69, 9.17) is 39.5 Å². The van der Waals surface area contributed by atoms with Crippen LogP contribution in [0.2, 0.25) is 15.1 Å². The van der Waals surface area contributed by atoms with E-state index in [-0.39, 0.29) is 31.0 Å². The van der Waals surface area contributed by atoms with Crippen LogP contribution in [-0.2, 0) is 22.6 Å². The maximum Gasteiger partial charge on any atom is 0.261 e. The SMILES string of the molecule is CC[C@@H](C)NC(=O)[C@H](Cc1ccccc1)N(Cc1ccc(Cl)c(Cl)c1)C(=O)COc1cc(C)c(Cl)c(C)c1. The third-order valence-corrected chi connectivity index (χ3v) is 7.72. The van der Waals surface area contributed by atoms with Crippen molar-refractivity contribution in [2.75, 3.05) is 6.61 Å². The Morgan fingerprint density at radius 2 is 1.58 bits per heavy atom. The third kappa shape index (κ3) is 8.13. The fraction of sp³-hybridized carbons (Fsp3) is 0.333. The number of aryl methyl sites for hydroxylation is 2. The molecule has 0 spiro atoms. The van der Waals surface area contributed by atoms with Crippen LogP contribution in [0.15, 0.2) is 60.7 Å². The second-order valence-electron chi connectivity index (χ2n) is 9.45. The van der Waals surface area contributed by atoms with Gasteiger partial charge in [-0.3, -0.25) is 9.59 Å². The first-order chi connectivity index (χ1) is 18.1. The fourth-order valence-corrected chi connectivity index (χ4v) is 4.48. The van der Waals surface area contributed by atoms with E-state index in [1.165, 1.54) is 0 Å². The quantitative estimate of drug-likeness (QED) is 0.263. The molecule has 0 radical (unpaired) electrons. The summed E-state index contributed by atoms with van der Waals surface area (Å²) in [6.45, 7) is 7.62. The highest BCUT2D eigenvalue weighted by Crippen LogP contribution is 2.27. The van der Waals surface area contributed by atoms with Crippen LogP contribution in [0.3, 0.4) is 0 Å². The van der Waals surface area contributed by atoms with E-state index in [0.29, 0.717) is 27.2 Å². The van der Waals surface area contributed by atoms with Crippen molar-refractivity contribution in [1.29, 1.82) is 0 Å². The van der Waals surface area contributed by atoms with Crippen molar-refractivity contribution in [2.24, 2.45) is 0 Å². The van der Waals surface area contributed by atoms with E-state index in [1.807, 2.05) is 58.0 Å². The van der Waals surface area contributed by atoms with Gasteiger partial charge >= 0.3 is 0 Å². The minimum atomic E-state index is -0.773. The number of amides is 2. The Balaban J connectivity index is 1.95. The molecule has 0 bridgehead atoms. The minimum absolute atomic E-state index is 0.0426. The van der Waals surface area contributed by atoms with Crippen LogP contribution < -0.4 is 10.1 Å². The molecule has 0 saturated carbocycles. The highest BCUT2D eigenvalue weighted by atomic mass is 35.5. The molecule has 2 amide bonds. The molecule has 0 fully saturated rings. The van der Waals surface area contributed by atoms with E-state index < -0.39 is 6.04 Å². The maximum atomic E-state index is 13.7. The van der Waals surface area contributed by atoms with Gasteiger partial charge in [-0.2, -0.15) is 0 Å². The van der Waals surface area contributed by atoms with Crippen molar-refractivity contribution in [3.63, 3.8) is 0 Å². The van der Waals surface area contributed by atoms with Gasteiger partial charge in [-0.15, -0.1) is 0 Å². The number of halogens is 3. The number of rotatable bonds is 11. The zero-order valence-corrected chi connectivity index (χ0v) is 24.3. The highest BCUT2D eigenvalue weighted by molar-refractivity contribution is 6.42. The summed E-state index contributed by atoms with van der Waals surface area (Å²) in [5.74, 6) is -0.0211. The van der Waals surface area contributed by atoms with Crippen LogP contribution in [0.1, 0.15) is 42.5 Å². The van der Waals surface area contributed by atoms with Gasteiger partial charge in [-0.25, -0.2) is 0 Å². The average Bonchev–Trinajstić information content (AvgIpc) is 2.90. The van der Waals surface area contributed by atoms with Gasteiger partial charge in [-0.1, -0.05) is 78.1 Å². The number of carbonyl (C=O) groups excluding carboxylic acids is 2. The largest absolute Gasteiger partial charge is 0.484 e. The Morgan fingerprint density at radius 3 is 2.18 bits per heavy atom. The molecule has 0 aliphatic rings. The molecule has 0 heterocycles. The summed E-state index contributed by atoms with van der Waals surface area (Å²) in [5.41, 5.74) is 3.40. The first kappa shape index (κ1) is 29.8. The molecule has 0 aliphatic heterocycles. The Kier molecular flexibility index (Phi) is 10.9. The van der Waals surface area contributed by atoms with E-state index >= 15 is 0 Å². The Labute approximate surface area is 240 Å². The second kappa shape index (κ2) is 13.9. The molecule has 202 valence electrons. The minimum Gasteiger partial charge on any atom is -0.484 e. The predicted octanol–water partition coefficient (Wildman–Crippen LogP) is 7.20. The lowest BCUT2D eigenvalue weighted by molar-refractivity contribution is -0.143. The van der Waals surface area contributed by atoms with Crippen molar-refractivity contribution in [3.05, 3.63) is 98.0 Å². The molecule has 38 heavy (non-hydrogen) atoms. The zero-order valence-electron chi connectivity index (χ0n) is 22.1. The van der Waals surface area contributed by atoms with Crippen LogP contribution in [0.25, 0.3) is 0 Å². The number of ether oxygens (including phenoxy) is 1. The fourth-order valence-electron chi connectivity index (χ4n) is 4.05. The molecule has 0 aliphatic carbocycles. The number of carbonyl (C=O) groups is 2. The molecule has 8 heteroatoms. The number of nitrogens with one attached hydrogen (secondary N) is 1. The number of hydrogen-bond acceptors (Lipinski definition) is 3. The summed E-state index contributed by atoms with van der Waals surface area (Å²) in [4.78, 5) is 28.9. The van der Waals surface area contributed by atoms with Crippen molar-refractivity contribution in [3.8, 4) is 5.75 Å². The Bertz CT molecular complexity index is 1240. The lowest BCUT2D eigenvalue weighted by atomic mass is 10.0. The Morgan fingerprint density at radius 1 is 0.921 bits per heavy atom. The van der Waals surface area contributed by atoms with Crippen LogP contribution in [0.5, 0.6) is 5.75 Å². The molecule has 0 saturated heterocycles. The van der Waals surface area contributed by atoms with Gasteiger partial charge in [0.25, 0.3) is 5.91 Å². The highest BCUT2D eigenvalue weighted by Gasteiger charge is 2.31. The van der Waals surface area contributed by atoms with Crippen LogP contribution in [0.4, 0.5) is 0 Å². The zero-order chi connectivity index (χ0) is 27.8. The van der Waals surface area contributed by atoms with Gasteiger partial charge in [0.2, 0.25) is 5.91 Å². The van der Waals surface area contributed by atoms with Crippen molar-refractivity contribution in [2.45, 2.75) is 59.2 Å². The van der Waals surface area contributed by atoms with Crippen LogP contribution in [0, 0.1) is 13.8 Å². The molecule has 3 aromatic rings. The van der Waals surface area contributed by atoms with Crippen molar-refractivity contribution < 1.29 is 14.3 Å². The maximum absolute atomic E-state index is 13.7. The molecule has 3 rings (SSSR count). The summed E-state index contributed by atoms with van der Waals surface area (Å²) < 4.78 is 5.90. The number of benzene rings is 3. The van der Waals surface area contributed by atoms with Crippen LogP contribution >= 0.6 is 34.8 Å². The normalized spacial score (nSPS) is 12.5. The summed E-state index contributed by atoms with van der Waals surface area (Å²) in [6, 6.07) is 17.6. The molecule has 2 atom stereocenters. The van der Waals surface area contributed by atoms with Gasteiger partial charge in [-0.05, 0) is 73.7 Å². The van der Waals surface area contributed by atoms with Crippen LogP contribution in [-0.4, -0.2) is 35.4 Å². The van der Waals surface area contributed by atoms with Gasteiger partial charge < -0.3 is 15.0 Å². The third-order valence-electron chi connectivity index (χ3n) is 6.38. The molecule has 3 aromatic carbocycles. The van der Waals surface area contributed by atoms with Gasteiger partial charge in [0.05, 0.1) is 10.0 Å². The molecule has 5 nitrogen and oxygen atoms in total. The van der Waals surface area contributed by atoms with Crippen molar-refractivity contribution >= 4 is 46.6 Å². The second-order valence-corrected chi connectivity index (χ2v) is 10.6. The van der Waals surface area contributed by atoms with Gasteiger partial charge in [0.1, 0.15) is 11.8 Å². The van der Waals surface area contributed by atoms with Crippen molar-refractivity contribution in [1.82, 2.24) is 10.2 Å². The van der Waals surface area contributed by atoms with E-state index in [1.54, 1.807) is 35.2 Å². The van der Waals surface area contributed by atoms with Gasteiger partial charge in [0.15, 0.2) is 6.61 Å². The molecular weight excluding hydrogens is 543 g/mol. The van der Waals surface area contributed by atoms with E-state index in [0.717, 1.165) is 28.7 Å². The van der Waals surface area contributed by atoms with E-state index in [2.05, 4.69) is 5.32 Å². The molecular formula is C30H33Cl3N2O3. The summed E-state index contributed by atoms with van der Waals surface area (Å²) >= 11 is 18.7. The topological polar surface area (TPSA) is 58.6 Å².